The van der Waals surface area contributed by atoms with Crippen LogP contribution in [0.1, 0.15) is 20.3 Å². The van der Waals surface area contributed by atoms with Crippen molar-refractivity contribution in [2.45, 2.75) is 32.4 Å². The molecule has 6 heteroatoms. The molecule has 18 heavy (non-hydrogen) atoms. The van der Waals surface area contributed by atoms with Crippen molar-refractivity contribution in [3.8, 4) is 0 Å². The first-order chi connectivity index (χ1) is 8.52. The number of hydrogen-bond acceptors (Lipinski definition) is 3. The van der Waals surface area contributed by atoms with Gasteiger partial charge in [-0.15, -0.1) is 0 Å². The number of hydrogen-bond donors (Lipinski definition) is 1. The Balaban J connectivity index is 2.10. The molecule has 3 unspecified atom stereocenters. The van der Waals surface area contributed by atoms with Crippen LogP contribution in [0.25, 0.3) is 0 Å². The molecule has 0 spiro atoms. The molecule has 0 aliphatic carbocycles. The lowest BCUT2D eigenvalue weighted by Crippen LogP contribution is -2.54. The van der Waals surface area contributed by atoms with Gasteiger partial charge < -0.3 is 14.9 Å². The van der Waals surface area contributed by atoms with Crippen molar-refractivity contribution in [3.05, 3.63) is 0 Å². The van der Waals surface area contributed by atoms with Gasteiger partial charge in [0.15, 0.2) is 0 Å². The van der Waals surface area contributed by atoms with Crippen molar-refractivity contribution in [1.29, 1.82) is 0 Å². The third kappa shape index (κ3) is 2.43. The Bertz CT molecular complexity index is 350. The largest absolute Gasteiger partial charge is 0.480 e. The Morgan fingerprint density at radius 3 is 2.56 bits per heavy atom. The molecule has 2 saturated heterocycles. The molecular formula is C12H20N2O3S. The number of rotatable bonds is 1. The third-order valence-electron chi connectivity index (χ3n) is 3.81. The topological polar surface area (TPSA) is 60.9 Å². The number of thioether (sulfide) groups is 1. The van der Waals surface area contributed by atoms with Gasteiger partial charge in [-0.25, -0.2) is 9.59 Å². The normalized spacial score (nSPS) is 32.7. The molecule has 0 aromatic carbocycles. The molecule has 0 bridgehead atoms. The fourth-order valence-corrected chi connectivity index (χ4v) is 3.73. The minimum absolute atomic E-state index is 0.0425. The molecule has 0 radical (unpaired) electrons. The van der Waals surface area contributed by atoms with E-state index in [1.807, 2.05) is 30.5 Å². The van der Waals surface area contributed by atoms with E-state index >= 15 is 0 Å². The van der Waals surface area contributed by atoms with E-state index in [1.54, 1.807) is 4.90 Å². The lowest BCUT2D eigenvalue weighted by Gasteiger charge is -2.37. The molecule has 0 saturated carbocycles. The fourth-order valence-electron chi connectivity index (χ4n) is 2.71. The van der Waals surface area contributed by atoms with Crippen LogP contribution >= 0.6 is 11.8 Å². The molecule has 5 nitrogen and oxygen atoms in total. The molecule has 2 rings (SSSR count). The van der Waals surface area contributed by atoms with Crippen LogP contribution in [0.5, 0.6) is 0 Å². The molecule has 3 atom stereocenters. The van der Waals surface area contributed by atoms with Crippen LogP contribution in [0.3, 0.4) is 0 Å². The van der Waals surface area contributed by atoms with Gasteiger partial charge in [0.2, 0.25) is 0 Å². The van der Waals surface area contributed by atoms with Crippen LogP contribution in [0.2, 0.25) is 0 Å². The zero-order chi connectivity index (χ0) is 13.3. The summed E-state index contributed by atoms with van der Waals surface area (Å²) in [6.45, 7) is 5.22. The van der Waals surface area contributed by atoms with Crippen LogP contribution in [-0.2, 0) is 4.79 Å². The predicted octanol–water partition coefficient (Wildman–Crippen LogP) is 1.34. The molecule has 2 aliphatic heterocycles. The molecule has 2 amide bonds. The second-order valence-corrected chi connectivity index (χ2v) is 6.29. The van der Waals surface area contributed by atoms with Gasteiger partial charge in [-0.2, -0.15) is 11.8 Å². The van der Waals surface area contributed by atoms with Gasteiger partial charge in [0.05, 0.1) is 0 Å². The number of carboxylic acid groups (broad SMARTS) is 1. The van der Waals surface area contributed by atoms with Crippen LogP contribution in [-0.4, -0.2) is 63.6 Å². The summed E-state index contributed by atoms with van der Waals surface area (Å²) in [5.74, 6) is 1.04. The highest BCUT2D eigenvalue weighted by Crippen LogP contribution is 2.27. The summed E-state index contributed by atoms with van der Waals surface area (Å²) in [7, 11) is 0. The van der Waals surface area contributed by atoms with Gasteiger partial charge in [0.1, 0.15) is 6.04 Å². The van der Waals surface area contributed by atoms with Crippen molar-refractivity contribution in [1.82, 2.24) is 9.80 Å². The Labute approximate surface area is 112 Å². The first-order valence-electron chi connectivity index (χ1n) is 6.40. The highest BCUT2D eigenvalue weighted by molar-refractivity contribution is 7.99. The smallest absolute Gasteiger partial charge is 0.326 e. The van der Waals surface area contributed by atoms with Gasteiger partial charge in [-0.3, -0.25) is 0 Å². The summed E-state index contributed by atoms with van der Waals surface area (Å²) in [5.41, 5.74) is 0. The molecule has 2 fully saturated rings. The number of carbonyl (C=O) groups is 2. The van der Waals surface area contributed by atoms with E-state index < -0.39 is 12.0 Å². The fraction of sp³-hybridized carbons (Fsp3) is 0.833. The minimum atomic E-state index is -0.882. The Kier molecular flexibility index (Phi) is 4.04. The summed E-state index contributed by atoms with van der Waals surface area (Å²) in [5, 5.41) is 9.25. The van der Waals surface area contributed by atoms with Crippen LogP contribution in [0, 0.1) is 5.92 Å². The van der Waals surface area contributed by atoms with Crippen LogP contribution < -0.4 is 0 Å². The third-order valence-corrected chi connectivity index (χ3v) is 5.00. The Morgan fingerprint density at radius 1 is 1.22 bits per heavy atom. The summed E-state index contributed by atoms with van der Waals surface area (Å²) in [4.78, 5) is 27.1. The Morgan fingerprint density at radius 2 is 1.94 bits per heavy atom. The number of likely N-dealkylation sites (tertiary alicyclic amines) is 1. The lowest BCUT2D eigenvalue weighted by atomic mass is 10.0. The second-order valence-electron chi connectivity index (χ2n) is 5.14. The molecular weight excluding hydrogens is 252 g/mol. The van der Waals surface area contributed by atoms with Gasteiger partial charge in [-0.1, -0.05) is 6.92 Å². The number of carboxylic acids is 1. The SMILES string of the molecule is CC1CCN(C(=O)N2CCSCC2C)C1C(=O)O. The second kappa shape index (κ2) is 5.38. The van der Waals surface area contributed by atoms with E-state index in [4.69, 9.17) is 0 Å². The summed E-state index contributed by atoms with van der Waals surface area (Å²) < 4.78 is 0. The van der Waals surface area contributed by atoms with Crippen molar-refractivity contribution in [2.75, 3.05) is 24.6 Å². The van der Waals surface area contributed by atoms with Crippen molar-refractivity contribution in [3.63, 3.8) is 0 Å². The maximum Gasteiger partial charge on any atom is 0.326 e. The van der Waals surface area contributed by atoms with Crippen molar-refractivity contribution >= 4 is 23.8 Å². The molecule has 2 heterocycles. The number of nitrogens with zero attached hydrogens (tertiary/aromatic N) is 2. The van der Waals surface area contributed by atoms with E-state index in [-0.39, 0.29) is 18.0 Å². The summed E-state index contributed by atoms with van der Waals surface area (Å²) in [6, 6.07) is -0.555. The summed E-state index contributed by atoms with van der Waals surface area (Å²) >= 11 is 1.85. The lowest BCUT2D eigenvalue weighted by molar-refractivity contribution is -0.142. The van der Waals surface area contributed by atoms with Gasteiger partial charge in [0.25, 0.3) is 0 Å². The molecule has 1 N–H and O–H groups in total. The maximum atomic E-state index is 12.5. The average Bonchev–Trinajstić information content (AvgIpc) is 2.71. The zero-order valence-electron chi connectivity index (χ0n) is 10.8. The highest BCUT2D eigenvalue weighted by atomic mass is 32.2. The molecule has 0 aromatic rings. The van der Waals surface area contributed by atoms with Gasteiger partial charge >= 0.3 is 12.0 Å². The minimum Gasteiger partial charge on any atom is -0.480 e. The number of carbonyl (C=O) groups excluding carboxylic acids is 1. The van der Waals surface area contributed by atoms with E-state index in [2.05, 4.69) is 0 Å². The average molecular weight is 272 g/mol. The van der Waals surface area contributed by atoms with E-state index in [0.717, 1.165) is 24.5 Å². The number of amides is 2. The quantitative estimate of drug-likeness (QED) is 0.782. The molecule has 0 aromatic heterocycles. The first-order valence-corrected chi connectivity index (χ1v) is 7.55. The van der Waals surface area contributed by atoms with E-state index in [9.17, 15) is 14.7 Å². The predicted molar refractivity (Wildman–Crippen MR) is 70.8 cm³/mol. The summed E-state index contributed by atoms with van der Waals surface area (Å²) in [6.07, 6.45) is 0.777. The monoisotopic (exact) mass is 272 g/mol. The molecule has 102 valence electrons. The number of urea groups is 1. The maximum absolute atomic E-state index is 12.5. The Hall–Kier alpha value is -0.910. The van der Waals surface area contributed by atoms with Gasteiger partial charge in [-0.05, 0) is 19.3 Å². The van der Waals surface area contributed by atoms with Crippen molar-refractivity contribution < 1.29 is 14.7 Å². The van der Waals surface area contributed by atoms with E-state index in [0.29, 0.717) is 6.54 Å². The highest BCUT2D eigenvalue weighted by Gasteiger charge is 2.42. The van der Waals surface area contributed by atoms with Crippen LogP contribution in [0.15, 0.2) is 0 Å². The number of aliphatic carboxylic acids is 1. The first kappa shape index (κ1) is 13.5. The van der Waals surface area contributed by atoms with E-state index in [1.165, 1.54) is 0 Å². The molecule has 2 aliphatic rings. The van der Waals surface area contributed by atoms with Crippen LogP contribution in [0.4, 0.5) is 4.79 Å². The van der Waals surface area contributed by atoms with Crippen molar-refractivity contribution in [2.24, 2.45) is 5.92 Å². The standard InChI is InChI=1S/C12H20N2O3S/c1-8-3-4-14(10(8)11(15)16)12(17)13-5-6-18-7-9(13)2/h8-10H,3-7H2,1-2H3,(H,15,16). The van der Waals surface area contributed by atoms with Gasteiger partial charge in [0, 0.05) is 30.6 Å². The zero-order valence-corrected chi connectivity index (χ0v) is 11.7.